The number of carboxylic acids is 1. The Bertz CT molecular complexity index is 461. The van der Waals surface area contributed by atoms with Crippen LogP contribution in [0, 0.1) is 11.7 Å². The molecule has 1 amide bonds. The van der Waals surface area contributed by atoms with Gasteiger partial charge >= 0.3 is 5.97 Å². The van der Waals surface area contributed by atoms with Crippen molar-refractivity contribution in [2.45, 2.75) is 6.42 Å². The van der Waals surface area contributed by atoms with Crippen molar-refractivity contribution < 1.29 is 19.1 Å². The van der Waals surface area contributed by atoms with E-state index in [1.165, 1.54) is 23.1 Å². The summed E-state index contributed by atoms with van der Waals surface area (Å²) >= 11 is 0. The first-order valence-electron chi connectivity index (χ1n) is 5.36. The van der Waals surface area contributed by atoms with Gasteiger partial charge in [-0.15, -0.1) is 0 Å². The van der Waals surface area contributed by atoms with Gasteiger partial charge in [0.05, 0.1) is 11.5 Å². The average Bonchev–Trinajstić information content (AvgIpc) is 2.78. The number of nitrogens with zero attached hydrogens (tertiary/aromatic N) is 1. The second-order valence-corrected chi connectivity index (χ2v) is 4.05. The molecule has 0 radical (unpaired) electrons. The molecule has 90 valence electrons. The first kappa shape index (κ1) is 11.6. The van der Waals surface area contributed by atoms with E-state index in [4.69, 9.17) is 5.11 Å². The highest BCUT2D eigenvalue weighted by Crippen LogP contribution is 2.19. The summed E-state index contributed by atoms with van der Waals surface area (Å²) in [7, 11) is 0. The maximum absolute atomic E-state index is 13.4. The van der Waals surface area contributed by atoms with Gasteiger partial charge in [0.1, 0.15) is 5.82 Å². The van der Waals surface area contributed by atoms with Gasteiger partial charge in [-0.3, -0.25) is 9.59 Å². The van der Waals surface area contributed by atoms with Crippen molar-refractivity contribution in [3.8, 4) is 0 Å². The van der Waals surface area contributed by atoms with Gasteiger partial charge in [0.2, 0.25) is 0 Å². The second kappa shape index (κ2) is 4.53. The van der Waals surface area contributed by atoms with E-state index in [9.17, 15) is 14.0 Å². The number of hydrogen-bond donors (Lipinski definition) is 1. The fraction of sp³-hybridized carbons (Fsp3) is 0.333. The summed E-state index contributed by atoms with van der Waals surface area (Å²) in [6.45, 7) is 0.520. The van der Waals surface area contributed by atoms with Crippen molar-refractivity contribution in [1.29, 1.82) is 0 Å². The summed E-state index contributed by atoms with van der Waals surface area (Å²) in [6, 6.07) is 5.72. The van der Waals surface area contributed by atoms with Crippen LogP contribution in [-0.2, 0) is 4.79 Å². The monoisotopic (exact) mass is 237 g/mol. The van der Waals surface area contributed by atoms with Gasteiger partial charge < -0.3 is 10.0 Å². The second-order valence-electron chi connectivity index (χ2n) is 4.05. The van der Waals surface area contributed by atoms with Gasteiger partial charge in [0.25, 0.3) is 5.91 Å². The number of hydrogen-bond acceptors (Lipinski definition) is 2. The molecule has 1 fully saturated rings. The predicted octanol–water partition coefficient (Wildman–Crippen LogP) is 1.37. The van der Waals surface area contributed by atoms with E-state index in [0.29, 0.717) is 13.0 Å². The van der Waals surface area contributed by atoms with Crippen molar-refractivity contribution in [3.05, 3.63) is 35.6 Å². The SMILES string of the molecule is O=C(O)[C@@H]1CCN(C(=O)c2ccccc2F)C1. The van der Waals surface area contributed by atoms with Crippen molar-refractivity contribution >= 4 is 11.9 Å². The molecule has 5 heteroatoms. The molecule has 1 saturated heterocycles. The van der Waals surface area contributed by atoms with Crippen molar-refractivity contribution in [3.63, 3.8) is 0 Å². The number of carboxylic acid groups (broad SMARTS) is 1. The van der Waals surface area contributed by atoms with E-state index in [1.54, 1.807) is 6.07 Å². The molecule has 1 aromatic carbocycles. The molecular weight excluding hydrogens is 225 g/mol. The normalized spacial score (nSPS) is 19.4. The fourth-order valence-electron chi connectivity index (χ4n) is 1.95. The van der Waals surface area contributed by atoms with Crippen LogP contribution >= 0.6 is 0 Å². The maximum atomic E-state index is 13.4. The number of likely N-dealkylation sites (tertiary alicyclic amines) is 1. The summed E-state index contributed by atoms with van der Waals surface area (Å²) in [6.07, 6.45) is 0.426. The van der Waals surface area contributed by atoms with Crippen LogP contribution in [0.5, 0.6) is 0 Å². The Morgan fingerprint density at radius 3 is 2.65 bits per heavy atom. The number of rotatable bonds is 2. The van der Waals surface area contributed by atoms with Crippen LogP contribution in [-0.4, -0.2) is 35.0 Å². The lowest BCUT2D eigenvalue weighted by atomic mass is 10.1. The minimum Gasteiger partial charge on any atom is -0.481 e. The van der Waals surface area contributed by atoms with Gasteiger partial charge in [-0.25, -0.2) is 4.39 Å². The number of benzene rings is 1. The maximum Gasteiger partial charge on any atom is 0.308 e. The van der Waals surface area contributed by atoms with Crippen molar-refractivity contribution in [2.24, 2.45) is 5.92 Å². The molecular formula is C12H12FNO3. The highest BCUT2D eigenvalue weighted by molar-refractivity contribution is 5.95. The Morgan fingerprint density at radius 1 is 1.35 bits per heavy atom. The molecule has 2 rings (SSSR count). The van der Waals surface area contributed by atoms with Crippen LogP contribution in [0.2, 0.25) is 0 Å². The number of amides is 1. The smallest absolute Gasteiger partial charge is 0.308 e. The van der Waals surface area contributed by atoms with Crippen LogP contribution < -0.4 is 0 Å². The zero-order chi connectivity index (χ0) is 12.4. The van der Waals surface area contributed by atoms with Crippen LogP contribution in [0.3, 0.4) is 0 Å². The summed E-state index contributed by atoms with van der Waals surface area (Å²) in [5.41, 5.74) is -0.00135. The number of carbonyl (C=O) groups excluding carboxylic acids is 1. The zero-order valence-electron chi connectivity index (χ0n) is 9.10. The first-order valence-corrected chi connectivity index (χ1v) is 5.36. The highest BCUT2D eigenvalue weighted by atomic mass is 19.1. The predicted molar refractivity (Wildman–Crippen MR) is 58.0 cm³/mol. The Hall–Kier alpha value is -1.91. The molecule has 1 aliphatic rings. The van der Waals surface area contributed by atoms with Gasteiger partial charge in [-0.05, 0) is 18.6 Å². The van der Waals surface area contributed by atoms with E-state index < -0.39 is 23.6 Å². The average molecular weight is 237 g/mol. The Labute approximate surface area is 97.7 Å². The quantitative estimate of drug-likeness (QED) is 0.845. The third-order valence-corrected chi connectivity index (χ3v) is 2.93. The van der Waals surface area contributed by atoms with Crippen LogP contribution in [0.1, 0.15) is 16.8 Å². The summed E-state index contributed by atoms with van der Waals surface area (Å²) in [5, 5.41) is 8.83. The molecule has 17 heavy (non-hydrogen) atoms. The van der Waals surface area contributed by atoms with E-state index in [2.05, 4.69) is 0 Å². The lowest BCUT2D eigenvalue weighted by Crippen LogP contribution is -2.30. The standard InChI is InChI=1S/C12H12FNO3/c13-10-4-2-1-3-9(10)11(15)14-6-5-8(7-14)12(16)17/h1-4,8H,5-7H2,(H,16,17)/t8-/m1/s1. The third kappa shape index (κ3) is 2.27. The molecule has 1 heterocycles. The Balaban J connectivity index is 2.13. The van der Waals surface area contributed by atoms with Gasteiger partial charge in [-0.2, -0.15) is 0 Å². The van der Waals surface area contributed by atoms with Crippen molar-refractivity contribution in [1.82, 2.24) is 4.90 Å². The molecule has 1 N–H and O–H groups in total. The van der Waals surface area contributed by atoms with E-state index in [-0.39, 0.29) is 12.1 Å². The lowest BCUT2D eigenvalue weighted by Gasteiger charge is -2.15. The molecule has 1 aromatic rings. The molecule has 4 nitrogen and oxygen atoms in total. The molecule has 0 aliphatic carbocycles. The van der Waals surface area contributed by atoms with E-state index in [0.717, 1.165) is 0 Å². The van der Waals surface area contributed by atoms with Gasteiger partial charge in [0.15, 0.2) is 0 Å². The molecule has 0 bridgehead atoms. The minimum atomic E-state index is -0.908. The van der Waals surface area contributed by atoms with Crippen molar-refractivity contribution in [2.75, 3.05) is 13.1 Å². The Kier molecular flexibility index (Phi) is 3.08. The summed E-state index contributed by atoms with van der Waals surface area (Å²) in [5.74, 6) is -2.46. The fourth-order valence-corrected chi connectivity index (χ4v) is 1.95. The Morgan fingerprint density at radius 2 is 2.06 bits per heavy atom. The number of halogens is 1. The molecule has 0 unspecified atom stereocenters. The van der Waals surface area contributed by atoms with E-state index >= 15 is 0 Å². The lowest BCUT2D eigenvalue weighted by molar-refractivity contribution is -0.141. The molecule has 1 atom stereocenters. The van der Waals surface area contributed by atoms with Crippen LogP contribution in [0.25, 0.3) is 0 Å². The topological polar surface area (TPSA) is 57.6 Å². The minimum absolute atomic E-state index is 0.00135. The van der Waals surface area contributed by atoms with Crippen LogP contribution in [0.15, 0.2) is 24.3 Å². The summed E-state index contributed by atoms with van der Waals surface area (Å²) in [4.78, 5) is 24.1. The largest absolute Gasteiger partial charge is 0.481 e. The van der Waals surface area contributed by atoms with Gasteiger partial charge in [0, 0.05) is 13.1 Å². The summed E-state index contributed by atoms with van der Waals surface area (Å²) < 4.78 is 13.4. The first-order chi connectivity index (χ1) is 8.09. The van der Waals surface area contributed by atoms with E-state index in [1.807, 2.05) is 0 Å². The number of carbonyl (C=O) groups is 2. The van der Waals surface area contributed by atoms with Gasteiger partial charge in [-0.1, -0.05) is 12.1 Å². The molecule has 0 saturated carbocycles. The van der Waals surface area contributed by atoms with Crippen LogP contribution in [0.4, 0.5) is 4.39 Å². The number of aliphatic carboxylic acids is 1. The third-order valence-electron chi connectivity index (χ3n) is 2.93. The molecule has 1 aliphatic heterocycles. The highest BCUT2D eigenvalue weighted by Gasteiger charge is 2.31. The molecule has 0 aromatic heterocycles. The zero-order valence-corrected chi connectivity index (χ0v) is 9.10. The molecule has 0 spiro atoms.